The Kier molecular flexibility index (Phi) is 3.91. The Balaban J connectivity index is 2.41. The molecule has 2 aromatic carbocycles. The lowest BCUT2D eigenvalue weighted by Crippen LogP contribution is -2.14. The molecule has 0 heterocycles. The number of rotatable bonds is 2. The number of benzene rings is 2. The average Bonchev–Trinajstić information content (AvgIpc) is 2.32. The van der Waals surface area contributed by atoms with Gasteiger partial charge < -0.3 is 5.73 Å². The Labute approximate surface area is 116 Å². The van der Waals surface area contributed by atoms with Crippen molar-refractivity contribution in [3.8, 4) is 0 Å². The van der Waals surface area contributed by atoms with Gasteiger partial charge in [-0.25, -0.2) is 13.2 Å². The molecule has 5 heteroatoms. The van der Waals surface area contributed by atoms with Crippen LogP contribution in [-0.2, 0) is 0 Å². The highest BCUT2D eigenvalue weighted by Crippen LogP contribution is 2.25. The number of nitrogens with two attached hydrogens (primary N) is 1. The van der Waals surface area contributed by atoms with E-state index in [0.717, 1.165) is 12.1 Å². The molecule has 0 fully saturated rings. The molecule has 2 N–H and O–H groups in total. The van der Waals surface area contributed by atoms with Crippen LogP contribution in [0.15, 0.2) is 36.4 Å². The van der Waals surface area contributed by atoms with Crippen LogP contribution < -0.4 is 5.73 Å². The van der Waals surface area contributed by atoms with Crippen molar-refractivity contribution in [2.24, 2.45) is 5.73 Å². The largest absolute Gasteiger partial charge is 0.320 e. The van der Waals surface area contributed by atoms with Crippen LogP contribution in [0.4, 0.5) is 13.2 Å². The van der Waals surface area contributed by atoms with Gasteiger partial charge in [-0.2, -0.15) is 0 Å². The van der Waals surface area contributed by atoms with Gasteiger partial charge in [-0.3, -0.25) is 0 Å². The molecule has 0 aliphatic carbocycles. The lowest BCUT2D eigenvalue weighted by Gasteiger charge is -2.14. The minimum absolute atomic E-state index is 0.361. The van der Waals surface area contributed by atoms with Crippen molar-refractivity contribution >= 4 is 22.6 Å². The molecular weight excluding hydrogens is 354 g/mol. The second-order valence-electron chi connectivity index (χ2n) is 3.82. The maximum atomic E-state index is 13.1. The summed E-state index contributed by atoms with van der Waals surface area (Å²) in [6, 6.07) is 7.06. The summed E-state index contributed by atoms with van der Waals surface area (Å²) >= 11 is 1.96. The molecule has 94 valence electrons. The number of hydrogen-bond donors (Lipinski definition) is 1. The lowest BCUT2D eigenvalue weighted by atomic mass is 9.99. The zero-order valence-corrected chi connectivity index (χ0v) is 11.3. The highest BCUT2D eigenvalue weighted by atomic mass is 127. The normalized spacial score (nSPS) is 12.5. The SMILES string of the molecule is NC(c1ccc(F)c(F)c1)c1ccc(F)cc1I. The van der Waals surface area contributed by atoms with Crippen molar-refractivity contribution < 1.29 is 13.2 Å². The molecule has 0 spiro atoms. The van der Waals surface area contributed by atoms with Gasteiger partial charge in [0.25, 0.3) is 0 Å². The summed E-state index contributed by atoms with van der Waals surface area (Å²) in [6.45, 7) is 0. The molecular formula is C13H9F3IN. The molecule has 0 aliphatic heterocycles. The predicted octanol–water partition coefficient (Wildman–Crippen LogP) is 3.76. The van der Waals surface area contributed by atoms with Gasteiger partial charge >= 0.3 is 0 Å². The minimum Gasteiger partial charge on any atom is -0.320 e. The molecule has 0 bridgehead atoms. The second-order valence-corrected chi connectivity index (χ2v) is 4.98. The van der Waals surface area contributed by atoms with Gasteiger partial charge in [-0.05, 0) is 58.0 Å². The third-order valence-electron chi connectivity index (χ3n) is 2.60. The van der Waals surface area contributed by atoms with E-state index in [1.54, 1.807) is 6.07 Å². The summed E-state index contributed by atoms with van der Waals surface area (Å²) in [4.78, 5) is 0. The standard InChI is InChI=1S/C13H9F3IN/c14-8-2-3-9(12(17)6-8)13(18)7-1-4-10(15)11(16)5-7/h1-6,13H,18H2. The van der Waals surface area contributed by atoms with Crippen LogP contribution in [0.2, 0.25) is 0 Å². The van der Waals surface area contributed by atoms with Gasteiger partial charge in [0.1, 0.15) is 5.82 Å². The van der Waals surface area contributed by atoms with E-state index in [9.17, 15) is 13.2 Å². The maximum absolute atomic E-state index is 13.1. The van der Waals surface area contributed by atoms with Crippen molar-refractivity contribution in [2.45, 2.75) is 6.04 Å². The first-order chi connectivity index (χ1) is 8.49. The first-order valence-electron chi connectivity index (χ1n) is 5.14. The molecule has 0 amide bonds. The van der Waals surface area contributed by atoms with E-state index in [1.807, 2.05) is 22.6 Å². The fraction of sp³-hybridized carbons (Fsp3) is 0.0769. The third-order valence-corrected chi connectivity index (χ3v) is 3.53. The zero-order valence-electron chi connectivity index (χ0n) is 9.13. The topological polar surface area (TPSA) is 26.0 Å². The second kappa shape index (κ2) is 5.27. The molecule has 0 saturated carbocycles. The first-order valence-corrected chi connectivity index (χ1v) is 6.22. The summed E-state index contributed by atoms with van der Waals surface area (Å²) in [7, 11) is 0. The highest BCUT2D eigenvalue weighted by molar-refractivity contribution is 14.1. The van der Waals surface area contributed by atoms with Crippen LogP contribution in [-0.4, -0.2) is 0 Å². The van der Waals surface area contributed by atoms with E-state index in [0.29, 0.717) is 14.7 Å². The lowest BCUT2D eigenvalue weighted by molar-refractivity contribution is 0.506. The first kappa shape index (κ1) is 13.4. The van der Waals surface area contributed by atoms with Crippen LogP contribution in [0.5, 0.6) is 0 Å². The van der Waals surface area contributed by atoms with Crippen LogP contribution in [0.1, 0.15) is 17.2 Å². The summed E-state index contributed by atoms with van der Waals surface area (Å²) in [5.74, 6) is -2.22. The summed E-state index contributed by atoms with van der Waals surface area (Å²) in [5.41, 5.74) is 7.08. The monoisotopic (exact) mass is 363 g/mol. The molecule has 0 aliphatic rings. The van der Waals surface area contributed by atoms with Gasteiger partial charge in [0.15, 0.2) is 11.6 Å². The van der Waals surface area contributed by atoms with E-state index >= 15 is 0 Å². The number of halogens is 4. The van der Waals surface area contributed by atoms with Gasteiger partial charge in [-0.1, -0.05) is 12.1 Å². The molecule has 1 nitrogen and oxygen atoms in total. The average molecular weight is 363 g/mol. The third kappa shape index (κ3) is 2.67. The Bertz CT molecular complexity index is 586. The van der Waals surface area contributed by atoms with E-state index in [-0.39, 0.29) is 5.82 Å². The van der Waals surface area contributed by atoms with Crippen molar-refractivity contribution in [3.05, 3.63) is 68.5 Å². The molecule has 0 aromatic heterocycles. The van der Waals surface area contributed by atoms with E-state index in [4.69, 9.17) is 5.73 Å². The van der Waals surface area contributed by atoms with Crippen LogP contribution in [0.3, 0.4) is 0 Å². The molecule has 18 heavy (non-hydrogen) atoms. The quantitative estimate of drug-likeness (QED) is 0.809. The molecule has 1 unspecified atom stereocenters. The van der Waals surface area contributed by atoms with Crippen LogP contribution >= 0.6 is 22.6 Å². The molecule has 0 radical (unpaired) electrons. The summed E-state index contributed by atoms with van der Waals surface area (Å²) in [5, 5.41) is 0. The van der Waals surface area contributed by atoms with Gasteiger partial charge in [-0.15, -0.1) is 0 Å². The Hall–Kier alpha value is -1.08. The fourth-order valence-corrected chi connectivity index (χ4v) is 2.45. The van der Waals surface area contributed by atoms with Crippen molar-refractivity contribution in [2.75, 3.05) is 0 Å². The van der Waals surface area contributed by atoms with Crippen molar-refractivity contribution in [1.29, 1.82) is 0 Å². The van der Waals surface area contributed by atoms with Crippen LogP contribution in [0, 0.1) is 21.0 Å². The van der Waals surface area contributed by atoms with Gasteiger partial charge in [0, 0.05) is 3.57 Å². The smallest absolute Gasteiger partial charge is 0.159 e. The molecule has 2 rings (SSSR count). The molecule has 0 saturated heterocycles. The Morgan fingerprint density at radius 1 is 0.944 bits per heavy atom. The maximum Gasteiger partial charge on any atom is 0.159 e. The van der Waals surface area contributed by atoms with E-state index in [1.165, 1.54) is 18.2 Å². The van der Waals surface area contributed by atoms with Crippen molar-refractivity contribution in [3.63, 3.8) is 0 Å². The Morgan fingerprint density at radius 3 is 2.28 bits per heavy atom. The van der Waals surface area contributed by atoms with E-state index < -0.39 is 17.7 Å². The van der Waals surface area contributed by atoms with Crippen LogP contribution in [0.25, 0.3) is 0 Å². The number of hydrogen-bond acceptors (Lipinski definition) is 1. The summed E-state index contributed by atoms with van der Waals surface area (Å²) < 4.78 is 39.6. The van der Waals surface area contributed by atoms with Gasteiger partial charge in [0.2, 0.25) is 0 Å². The minimum atomic E-state index is -0.944. The fourth-order valence-electron chi connectivity index (χ4n) is 1.64. The van der Waals surface area contributed by atoms with E-state index in [2.05, 4.69) is 0 Å². The molecule has 1 atom stereocenters. The Morgan fingerprint density at radius 2 is 1.67 bits per heavy atom. The predicted molar refractivity (Wildman–Crippen MR) is 71.5 cm³/mol. The zero-order chi connectivity index (χ0) is 13.3. The van der Waals surface area contributed by atoms with Gasteiger partial charge in [0.05, 0.1) is 6.04 Å². The van der Waals surface area contributed by atoms with Crippen molar-refractivity contribution in [1.82, 2.24) is 0 Å². The highest BCUT2D eigenvalue weighted by Gasteiger charge is 2.14. The summed E-state index contributed by atoms with van der Waals surface area (Å²) in [6.07, 6.45) is 0. The molecule has 2 aromatic rings.